The molecule has 4 fully saturated rings. The molecule has 3 heteroatoms. The van der Waals surface area contributed by atoms with Crippen LogP contribution in [0.1, 0.15) is 82.8 Å². The van der Waals surface area contributed by atoms with Crippen LogP contribution in [0.25, 0.3) is 0 Å². The first-order chi connectivity index (χ1) is 18.9. The molecule has 0 aromatic heterocycles. The van der Waals surface area contributed by atoms with E-state index in [1.807, 2.05) is 0 Å². The number of hydrogen-bond donors (Lipinski definition) is 2. The molecule has 2 aromatic carbocycles. The normalized spacial score (nSPS) is 38.6. The molecule has 0 saturated heterocycles. The number of nitrogens with zero attached hydrogens (tertiary/aromatic N) is 1. The fraction of sp³-hybridized carbons (Fsp3) is 0.667. The summed E-state index contributed by atoms with van der Waals surface area (Å²) < 4.78 is 0. The van der Waals surface area contributed by atoms with Crippen molar-refractivity contribution in [1.29, 1.82) is 0 Å². The van der Waals surface area contributed by atoms with E-state index in [9.17, 15) is 5.11 Å². The van der Waals surface area contributed by atoms with Crippen LogP contribution in [0.5, 0.6) is 0 Å². The van der Waals surface area contributed by atoms with Gasteiger partial charge in [0.15, 0.2) is 0 Å². The first-order valence-corrected chi connectivity index (χ1v) is 16.1. The molecule has 0 radical (unpaired) electrons. The van der Waals surface area contributed by atoms with E-state index in [0.29, 0.717) is 11.3 Å². The van der Waals surface area contributed by atoms with Crippen molar-refractivity contribution in [2.24, 2.45) is 40.4 Å². The van der Waals surface area contributed by atoms with Crippen molar-refractivity contribution in [3.05, 3.63) is 71.8 Å². The monoisotopic (exact) mass is 528 g/mol. The van der Waals surface area contributed by atoms with Crippen molar-refractivity contribution in [1.82, 2.24) is 10.2 Å². The summed E-state index contributed by atoms with van der Waals surface area (Å²) in [6.45, 7) is 7.85. The van der Waals surface area contributed by atoms with Gasteiger partial charge in [-0.05, 0) is 123 Å². The standard InChI is InChI=1S/C36H52N2O/c1-26(39)32-16-17-34-31-15-14-29-22-30(38(3)24-28-12-8-5-9-13-28)18-20-35(29,2)33(31)19-21-36(32,34)25-37-23-27-10-6-4-7-11-27/h4-13,26,29-34,37,39H,14-25H2,1-3H3/t26-,29-,30-,31+,32+,33-,34-,35-,36-/m0/s1. The average Bonchev–Trinajstić information content (AvgIpc) is 3.34. The zero-order valence-corrected chi connectivity index (χ0v) is 24.7. The summed E-state index contributed by atoms with van der Waals surface area (Å²) in [5, 5.41) is 14.9. The van der Waals surface area contributed by atoms with E-state index in [4.69, 9.17) is 0 Å². The van der Waals surface area contributed by atoms with Gasteiger partial charge in [0.25, 0.3) is 0 Å². The quantitative estimate of drug-likeness (QED) is 0.377. The van der Waals surface area contributed by atoms with Gasteiger partial charge in [-0.15, -0.1) is 0 Å². The Balaban J connectivity index is 1.15. The van der Waals surface area contributed by atoms with E-state index < -0.39 is 0 Å². The Morgan fingerprint density at radius 1 is 0.872 bits per heavy atom. The molecule has 212 valence electrons. The summed E-state index contributed by atoms with van der Waals surface area (Å²) >= 11 is 0. The molecule has 2 N–H and O–H groups in total. The van der Waals surface area contributed by atoms with Crippen molar-refractivity contribution < 1.29 is 5.11 Å². The molecule has 3 nitrogen and oxygen atoms in total. The molecule has 0 unspecified atom stereocenters. The van der Waals surface area contributed by atoms with Crippen molar-refractivity contribution in [2.75, 3.05) is 13.6 Å². The molecule has 6 rings (SSSR count). The van der Waals surface area contributed by atoms with Gasteiger partial charge in [-0.2, -0.15) is 0 Å². The highest BCUT2D eigenvalue weighted by Crippen LogP contribution is 2.68. The summed E-state index contributed by atoms with van der Waals surface area (Å²) in [5.74, 6) is 3.81. The zero-order chi connectivity index (χ0) is 27.0. The minimum absolute atomic E-state index is 0.201. The Morgan fingerprint density at radius 3 is 2.31 bits per heavy atom. The Labute approximate surface area is 237 Å². The zero-order valence-electron chi connectivity index (χ0n) is 24.7. The van der Waals surface area contributed by atoms with Crippen LogP contribution in [-0.4, -0.2) is 35.7 Å². The molecular formula is C36H52N2O. The molecule has 4 aliphatic rings. The minimum atomic E-state index is -0.201. The lowest BCUT2D eigenvalue weighted by atomic mass is 9.44. The topological polar surface area (TPSA) is 35.5 Å². The van der Waals surface area contributed by atoms with Gasteiger partial charge in [0, 0.05) is 25.7 Å². The van der Waals surface area contributed by atoms with Gasteiger partial charge in [-0.3, -0.25) is 4.90 Å². The third-order valence-electron chi connectivity index (χ3n) is 12.5. The lowest BCUT2D eigenvalue weighted by Crippen LogP contribution is -2.57. The lowest BCUT2D eigenvalue weighted by molar-refractivity contribution is -0.131. The highest BCUT2D eigenvalue weighted by atomic mass is 16.3. The van der Waals surface area contributed by atoms with Crippen LogP contribution in [0.2, 0.25) is 0 Å². The number of aliphatic hydroxyl groups excluding tert-OH is 1. The molecule has 0 heterocycles. The van der Waals surface area contributed by atoms with Crippen LogP contribution in [-0.2, 0) is 13.1 Å². The summed E-state index contributed by atoms with van der Waals surface area (Å²) in [4.78, 5) is 2.65. The van der Waals surface area contributed by atoms with E-state index in [1.54, 1.807) is 0 Å². The van der Waals surface area contributed by atoms with Crippen molar-refractivity contribution in [3.63, 3.8) is 0 Å². The smallest absolute Gasteiger partial charge is 0.0546 e. The fourth-order valence-corrected chi connectivity index (χ4v) is 10.6. The number of benzene rings is 2. The molecule has 4 saturated carbocycles. The van der Waals surface area contributed by atoms with E-state index in [2.05, 4.69) is 91.8 Å². The van der Waals surface area contributed by atoms with Crippen molar-refractivity contribution >= 4 is 0 Å². The molecule has 4 aliphatic carbocycles. The second-order valence-electron chi connectivity index (χ2n) is 14.3. The molecule has 0 amide bonds. The SMILES string of the molecule is C[C@H](O)[C@H]1CC[C@H]2[C@@H]3CC[C@H]4C[C@@H](N(C)Cc5ccccc5)CC[C@]4(C)[C@H]3CC[C@]12CNCc1ccccc1. The summed E-state index contributed by atoms with van der Waals surface area (Å²) in [6, 6.07) is 22.6. The largest absolute Gasteiger partial charge is 0.393 e. The number of rotatable bonds is 8. The predicted octanol–water partition coefficient (Wildman–Crippen LogP) is 7.30. The van der Waals surface area contributed by atoms with E-state index in [1.165, 1.54) is 68.9 Å². The molecule has 0 bridgehead atoms. The van der Waals surface area contributed by atoms with E-state index >= 15 is 0 Å². The molecule has 9 atom stereocenters. The molecule has 39 heavy (non-hydrogen) atoms. The van der Waals surface area contributed by atoms with Gasteiger partial charge < -0.3 is 10.4 Å². The van der Waals surface area contributed by atoms with Crippen LogP contribution in [0.4, 0.5) is 0 Å². The van der Waals surface area contributed by atoms with Gasteiger partial charge in [-0.1, -0.05) is 67.6 Å². The van der Waals surface area contributed by atoms with Crippen LogP contribution in [0.3, 0.4) is 0 Å². The lowest BCUT2D eigenvalue weighted by Gasteiger charge is -2.62. The van der Waals surface area contributed by atoms with E-state index in [0.717, 1.165) is 49.3 Å². The van der Waals surface area contributed by atoms with E-state index in [-0.39, 0.29) is 11.5 Å². The Bertz CT molecular complexity index is 1070. The second kappa shape index (κ2) is 11.3. The van der Waals surface area contributed by atoms with Crippen LogP contribution in [0.15, 0.2) is 60.7 Å². The van der Waals surface area contributed by atoms with Gasteiger partial charge >= 0.3 is 0 Å². The van der Waals surface area contributed by atoms with Gasteiger partial charge in [0.1, 0.15) is 0 Å². The van der Waals surface area contributed by atoms with Gasteiger partial charge in [0.05, 0.1) is 6.10 Å². The Morgan fingerprint density at radius 2 is 1.59 bits per heavy atom. The second-order valence-corrected chi connectivity index (χ2v) is 14.3. The molecular weight excluding hydrogens is 476 g/mol. The van der Waals surface area contributed by atoms with Crippen LogP contribution >= 0.6 is 0 Å². The molecule has 0 aliphatic heterocycles. The third-order valence-corrected chi connectivity index (χ3v) is 12.5. The summed E-state index contributed by atoms with van der Waals surface area (Å²) in [5.41, 5.74) is 3.57. The highest BCUT2D eigenvalue weighted by Gasteiger charge is 2.62. The van der Waals surface area contributed by atoms with Crippen LogP contribution < -0.4 is 5.32 Å². The van der Waals surface area contributed by atoms with Gasteiger partial charge in [-0.25, -0.2) is 0 Å². The summed E-state index contributed by atoms with van der Waals surface area (Å²) in [7, 11) is 2.36. The number of aliphatic hydroxyl groups is 1. The Hall–Kier alpha value is -1.68. The fourth-order valence-electron chi connectivity index (χ4n) is 10.6. The first kappa shape index (κ1) is 27.5. The minimum Gasteiger partial charge on any atom is -0.393 e. The predicted molar refractivity (Wildman–Crippen MR) is 161 cm³/mol. The van der Waals surface area contributed by atoms with Gasteiger partial charge in [0.2, 0.25) is 0 Å². The van der Waals surface area contributed by atoms with Crippen molar-refractivity contribution in [3.8, 4) is 0 Å². The number of hydrogen-bond acceptors (Lipinski definition) is 3. The maximum Gasteiger partial charge on any atom is 0.0546 e. The number of fused-ring (bicyclic) bond motifs is 5. The number of nitrogens with one attached hydrogen (secondary N) is 1. The maximum atomic E-state index is 11.0. The highest BCUT2D eigenvalue weighted by molar-refractivity contribution is 5.17. The van der Waals surface area contributed by atoms with Crippen LogP contribution in [0, 0.1) is 40.4 Å². The first-order valence-electron chi connectivity index (χ1n) is 16.1. The Kier molecular flexibility index (Phi) is 7.96. The molecule has 0 spiro atoms. The molecule has 2 aromatic rings. The third kappa shape index (κ3) is 5.13. The van der Waals surface area contributed by atoms with Crippen molar-refractivity contribution in [2.45, 2.75) is 96.9 Å². The summed E-state index contributed by atoms with van der Waals surface area (Å²) in [6.07, 6.45) is 12.0. The maximum absolute atomic E-state index is 11.0. The average molecular weight is 529 g/mol.